The van der Waals surface area contributed by atoms with Crippen molar-refractivity contribution in [2.45, 2.75) is 46.1 Å². The van der Waals surface area contributed by atoms with Crippen LogP contribution in [0.15, 0.2) is 23.2 Å². The van der Waals surface area contributed by atoms with E-state index in [0.717, 1.165) is 58.1 Å². The lowest BCUT2D eigenvalue weighted by Crippen LogP contribution is -2.23. The lowest BCUT2D eigenvalue weighted by Gasteiger charge is -2.12. The molecular formula is C27H31N3O7S3. The van der Waals surface area contributed by atoms with E-state index in [0.29, 0.717) is 27.7 Å². The van der Waals surface area contributed by atoms with Gasteiger partial charge in [-0.1, -0.05) is 11.3 Å². The SMILES string of the molecule is CCOC(=O)c1c(NC(=O)CSCC(=O)N=c2sc3cc(OCC)ccc3n2CC(=O)OC)sc2c1CCCC2. The number of thioether (sulfide) groups is 1. The third kappa shape index (κ3) is 7.12. The van der Waals surface area contributed by atoms with Gasteiger partial charge in [-0.05, 0) is 63.3 Å². The number of thiazole rings is 1. The summed E-state index contributed by atoms with van der Waals surface area (Å²) in [6, 6.07) is 5.45. The molecule has 0 radical (unpaired) electrons. The zero-order valence-corrected chi connectivity index (χ0v) is 25.0. The summed E-state index contributed by atoms with van der Waals surface area (Å²) in [4.78, 5) is 55.8. The van der Waals surface area contributed by atoms with Gasteiger partial charge in [-0.3, -0.25) is 14.4 Å². The summed E-state index contributed by atoms with van der Waals surface area (Å²) >= 11 is 3.81. The fraction of sp³-hybridized carbons (Fsp3) is 0.444. The molecular weight excluding hydrogens is 575 g/mol. The average Bonchev–Trinajstić information content (AvgIpc) is 3.45. The molecule has 1 aliphatic carbocycles. The second kappa shape index (κ2) is 14.0. The van der Waals surface area contributed by atoms with E-state index in [-0.39, 0.29) is 30.6 Å². The third-order valence-electron chi connectivity index (χ3n) is 6.06. The van der Waals surface area contributed by atoms with Crippen molar-refractivity contribution in [3.63, 3.8) is 0 Å². The molecule has 2 amide bonds. The maximum absolute atomic E-state index is 12.7. The summed E-state index contributed by atoms with van der Waals surface area (Å²) in [6.07, 6.45) is 3.73. The molecule has 0 bridgehead atoms. The molecule has 40 heavy (non-hydrogen) atoms. The van der Waals surface area contributed by atoms with Crippen molar-refractivity contribution >= 4 is 73.4 Å². The first-order valence-electron chi connectivity index (χ1n) is 12.9. The van der Waals surface area contributed by atoms with Crippen LogP contribution in [0.25, 0.3) is 10.2 Å². The summed E-state index contributed by atoms with van der Waals surface area (Å²) in [5.74, 6) is -0.978. The van der Waals surface area contributed by atoms with Crippen LogP contribution in [-0.2, 0) is 43.2 Å². The van der Waals surface area contributed by atoms with Gasteiger partial charge < -0.3 is 24.1 Å². The van der Waals surface area contributed by atoms with Crippen molar-refractivity contribution in [2.24, 2.45) is 4.99 Å². The molecule has 2 heterocycles. The monoisotopic (exact) mass is 605 g/mol. The Hall–Kier alpha value is -3.16. The number of anilines is 1. The number of aromatic nitrogens is 1. The van der Waals surface area contributed by atoms with Crippen LogP contribution >= 0.6 is 34.4 Å². The van der Waals surface area contributed by atoms with Gasteiger partial charge in [-0.15, -0.1) is 23.1 Å². The Bertz CT molecular complexity index is 1490. The number of nitrogens with zero attached hydrogens (tertiary/aromatic N) is 2. The topological polar surface area (TPSA) is 125 Å². The minimum atomic E-state index is -0.467. The van der Waals surface area contributed by atoms with Crippen LogP contribution in [0.4, 0.5) is 5.00 Å². The molecule has 1 aliphatic rings. The summed E-state index contributed by atoms with van der Waals surface area (Å²) in [5.41, 5.74) is 2.16. The van der Waals surface area contributed by atoms with Gasteiger partial charge in [0, 0.05) is 4.88 Å². The second-order valence-electron chi connectivity index (χ2n) is 8.79. The second-order valence-corrected chi connectivity index (χ2v) is 11.9. The highest BCUT2D eigenvalue weighted by atomic mass is 32.2. The number of amides is 2. The number of nitrogens with one attached hydrogen (secondary N) is 1. The number of esters is 2. The number of hydrogen-bond acceptors (Lipinski definition) is 10. The molecule has 0 aliphatic heterocycles. The first-order valence-corrected chi connectivity index (χ1v) is 15.7. The normalized spacial score (nSPS) is 13.1. The van der Waals surface area contributed by atoms with Crippen molar-refractivity contribution in [1.29, 1.82) is 0 Å². The number of methoxy groups -OCH3 is 1. The maximum atomic E-state index is 12.7. The van der Waals surface area contributed by atoms with Crippen molar-refractivity contribution < 1.29 is 33.4 Å². The van der Waals surface area contributed by atoms with E-state index in [9.17, 15) is 19.2 Å². The number of rotatable bonds is 11. The summed E-state index contributed by atoms with van der Waals surface area (Å²) in [5, 5.41) is 3.36. The fourth-order valence-corrected chi connectivity index (χ4v) is 7.32. The molecule has 0 unspecified atom stereocenters. The number of thiophene rings is 1. The Kier molecular flexibility index (Phi) is 10.4. The van der Waals surface area contributed by atoms with Crippen LogP contribution in [0.2, 0.25) is 0 Å². The van der Waals surface area contributed by atoms with E-state index in [1.165, 1.54) is 29.8 Å². The zero-order valence-electron chi connectivity index (χ0n) is 22.6. The highest BCUT2D eigenvalue weighted by Gasteiger charge is 2.27. The van der Waals surface area contributed by atoms with Crippen LogP contribution in [-0.4, -0.2) is 60.1 Å². The smallest absolute Gasteiger partial charge is 0.341 e. The van der Waals surface area contributed by atoms with Gasteiger partial charge >= 0.3 is 11.9 Å². The van der Waals surface area contributed by atoms with Crippen molar-refractivity contribution in [2.75, 3.05) is 37.1 Å². The highest BCUT2D eigenvalue weighted by Crippen LogP contribution is 2.38. The molecule has 4 rings (SSSR count). The van der Waals surface area contributed by atoms with Crippen LogP contribution in [0.3, 0.4) is 0 Å². The van der Waals surface area contributed by atoms with Crippen molar-refractivity contribution in [3.05, 3.63) is 39.0 Å². The molecule has 0 saturated heterocycles. The van der Waals surface area contributed by atoms with E-state index in [4.69, 9.17) is 14.2 Å². The van der Waals surface area contributed by atoms with E-state index in [2.05, 4.69) is 10.3 Å². The first-order chi connectivity index (χ1) is 19.3. The summed E-state index contributed by atoms with van der Waals surface area (Å²) < 4.78 is 18.1. The number of hydrogen-bond donors (Lipinski definition) is 1. The number of carbonyl (C=O) groups excluding carboxylic acids is 4. The lowest BCUT2D eigenvalue weighted by molar-refractivity contribution is -0.141. The Balaban J connectivity index is 1.44. The van der Waals surface area contributed by atoms with Gasteiger partial charge in [-0.2, -0.15) is 4.99 Å². The van der Waals surface area contributed by atoms with Crippen LogP contribution < -0.4 is 14.9 Å². The Labute approximate surface area is 243 Å². The van der Waals surface area contributed by atoms with Gasteiger partial charge in [-0.25, -0.2) is 4.79 Å². The molecule has 0 atom stereocenters. The Morgan fingerprint density at radius 2 is 1.88 bits per heavy atom. The standard InChI is InChI=1S/C27H31N3O7S3/c1-4-36-16-10-11-18-20(12-16)40-27(30(18)13-23(33)35-3)29-22(32)15-38-14-21(31)28-25-24(26(34)37-5-2)17-8-6-7-9-19(17)39-25/h10-12H,4-9,13-15H2,1-3H3,(H,28,31). The molecule has 3 aromatic rings. The molecule has 1 aromatic carbocycles. The van der Waals surface area contributed by atoms with E-state index < -0.39 is 17.8 Å². The highest BCUT2D eigenvalue weighted by molar-refractivity contribution is 8.00. The predicted octanol–water partition coefficient (Wildman–Crippen LogP) is 4.19. The maximum Gasteiger partial charge on any atom is 0.341 e. The first kappa shape index (κ1) is 29.8. The minimum Gasteiger partial charge on any atom is -0.494 e. The number of benzene rings is 1. The molecule has 214 valence electrons. The molecule has 0 saturated carbocycles. The van der Waals surface area contributed by atoms with Gasteiger partial charge in [0.1, 0.15) is 17.3 Å². The molecule has 10 nitrogen and oxygen atoms in total. The van der Waals surface area contributed by atoms with Crippen molar-refractivity contribution in [1.82, 2.24) is 4.57 Å². The fourth-order valence-electron chi connectivity index (χ4n) is 4.35. The van der Waals surface area contributed by atoms with Gasteiger partial charge in [0.2, 0.25) is 5.91 Å². The van der Waals surface area contributed by atoms with Crippen LogP contribution in [0, 0.1) is 0 Å². The lowest BCUT2D eigenvalue weighted by atomic mass is 9.95. The van der Waals surface area contributed by atoms with Crippen LogP contribution in [0.1, 0.15) is 47.5 Å². The van der Waals surface area contributed by atoms with E-state index >= 15 is 0 Å². The Morgan fingerprint density at radius 1 is 1.07 bits per heavy atom. The predicted molar refractivity (Wildman–Crippen MR) is 156 cm³/mol. The number of carbonyl (C=O) groups is 4. The third-order valence-corrected chi connectivity index (χ3v) is 9.23. The molecule has 13 heteroatoms. The average molecular weight is 606 g/mol. The molecule has 1 N–H and O–H groups in total. The van der Waals surface area contributed by atoms with Gasteiger partial charge in [0.05, 0.1) is 47.6 Å². The number of fused-ring (bicyclic) bond motifs is 2. The largest absolute Gasteiger partial charge is 0.494 e. The molecule has 2 aromatic heterocycles. The summed E-state index contributed by atoms with van der Waals surface area (Å²) in [6.45, 7) is 4.31. The number of aryl methyl sites for hydroxylation is 1. The van der Waals surface area contributed by atoms with Gasteiger partial charge in [0.25, 0.3) is 5.91 Å². The minimum absolute atomic E-state index is 0.0123. The van der Waals surface area contributed by atoms with E-state index in [1.54, 1.807) is 17.6 Å². The molecule has 0 fully saturated rings. The summed E-state index contributed by atoms with van der Waals surface area (Å²) in [7, 11) is 1.30. The number of ether oxygens (including phenoxy) is 3. The van der Waals surface area contributed by atoms with Gasteiger partial charge in [0.15, 0.2) is 4.80 Å². The van der Waals surface area contributed by atoms with E-state index in [1.807, 2.05) is 19.1 Å². The zero-order chi connectivity index (χ0) is 28.6. The Morgan fingerprint density at radius 3 is 2.62 bits per heavy atom. The van der Waals surface area contributed by atoms with Crippen molar-refractivity contribution in [3.8, 4) is 5.75 Å². The quantitative estimate of drug-likeness (QED) is 0.323. The van der Waals surface area contributed by atoms with Crippen LogP contribution in [0.5, 0.6) is 5.75 Å². The molecule has 0 spiro atoms.